The van der Waals surface area contributed by atoms with Gasteiger partial charge in [0.1, 0.15) is 4.90 Å². The molecule has 0 fully saturated rings. The van der Waals surface area contributed by atoms with E-state index in [4.69, 9.17) is 16.9 Å². The molecule has 1 aromatic carbocycles. The second-order valence-electron chi connectivity index (χ2n) is 5.00. The maximum atomic E-state index is 12.8. The van der Waals surface area contributed by atoms with Gasteiger partial charge in [-0.05, 0) is 18.2 Å². The van der Waals surface area contributed by atoms with Gasteiger partial charge in [0.2, 0.25) is 10.0 Å². The van der Waals surface area contributed by atoms with Crippen LogP contribution in [0.1, 0.15) is 16.8 Å². The summed E-state index contributed by atoms with van der Waals surface area (Å²) in [4.78, 5) is 18.3. The SMILES string of the molecule is N#Cc1ccc(S(=O)(=O)N2CCc3nc[nH]c(=O)c3C2)c(Cl)c1. The lowest BCUT2D eigenvalue weighted by Crippen LogP contribution is -2.39. The molecule has 1 aromatic heterocycles. The molecule has 9 heteroatoms. The summed E-state index contributed by atoms with van der Waals surface area (Å²) in [5.74, 6) is 0. The third kappa shape index (κ3) is 2.74. The Bertz CT molecular complexity index is 978. The minimum atomic E-state index is -3.87. The first kappa shape index (κ1) is 15.7. The highest BCUT2D eigenvalue weighted by molar-refractivity contribution is 7.89. The van der Waals surface area contributed by atoms with Gasteiger partial charge in [-0.25, -0.2) is 13.4 Å². The first-order valence-corrected chi connectivity index (χ1v) is 8.50. The van der Waals surface area contributed by atoms with E-state index in [0.717, 1.165) is 0 Å². The minimum absolute atomic E-state index is 0.0186. The third-order valence-electron chi connectivity index (χ3n) is 3.65. The summed E-state index contributed by atoms with van der Waals surface area (Å²) >= 11 is 6.01. The highest BCUT2D eigenvalue weighted by Crippen LogP contribution is 2.28. The number of fused-ring (bicyclic) bond motifs is 1. The number of hydrogen-bond acceptors (Lipinski definition) is 5. The van der Waals surface area contributed by atoms with Gasteiger partial charge in [-0.2, -0.15) is 9.57 Å². The van der Waals surface area contributed by atoms with Crippen LogP contribution in [0.3, 0.4) is 0 Å². The van der Waals surface area contributed by atoms with Crippen molar-refractivity contribution in [3.63, 3.8) is 0 Å². The summed E-state index contributed by atoms with van der Waals surface area (Å²) in [6, 6.07) is 5.90. The van der Waals surface area contributed by atoms with E-state index in [1.165, 1.54) is 28.8 Å². The predicted molar refractivity (Wildman–Crippen MR) is 82.3 cm³/mol. The molecule has 2 heterocycles. The zero-order chi connectivity index (χ0) is 16.6. The number of aromatic amines is 1. The van der Waals surface area contributed by atoms with Crippen molar-refractivity contribution >= 4 is 21.6 Å². The molecule has 0 saturated heterocycles. The van der Waals surface area contributed by atoms with Crippen molar-refractivity contribution in [3.05, 3.63) is 56.7 Å². The standard InChI is InChI=1S/C14H11ClN4O3S/c15-11-5-9(6-16)1-2-13(11)23(21,22)19-4-3-12-10(7-19)14(20)18-8-17-12/h1-2,5,8H,3-4,7H2,(H,17,18,20). The van der Waals surface area contributed by atoms with Crippen LogP contribution in [0.15, 0.2) is 34.2 Å². The molecule has 2 aromatic rings. The highest BCUT2D eigenvalue weighted by atomic mass is 35.5. The number of H-pyrrole nitrogens is 1. The fraction of sp³-hybridized carbons (Fsp3) is 0.214. The first-order valence-electron chi connectivity index (χ1n) is 6.68. The van der Waals surface area contributed by atoms with Crippen LogP contribution in [0.25, 0.3) is 0 Å². The van der Waals surface area contributed by atoms with E-state index < -0.39 is 10.0 Å². The molecule has 1 aliphatic rings. The van der Waals surface area contributed by atoms with Crippen molar-refractivity contribution in [3.8, 4) is 6.07 Å². The van der Waals surface area contributed by atoms with E-state index in [2.05, 4.69) is 9.97 Å². The molecule has 0 unspecified atom stereocenters. The molecule has 3 rings (SSSR count). The van der Waals surface area contributed by atoms with E-state index >= 15 is 0 Å². The molecular formula is C14H11ClN4O3S. The van der Waals surface area contributed by atoms with Crippen molar-refractivity contribution in [1.29, 1.82) is 5.26 Å². The van der Waals surface area contributed by atoms with E-state index in [0.29, 0.717) is 17.7 Å². The number of aromatic nitrogens is 2. The number of benzene rings is 1. The van der Waals surface area contributed by atoms with E-state index in [1.54, 1.807) is 0 Å². The van der Waals surface area contributed by atoms with Gasteiger partial charge >= 0.3 is 0 Å². The normalized spacial score (nSPS) is 15.0. The molecule has 0 atom stereocenters. The Morgan fingerprint density at radius 2 is 2.17 bits per heavy atom. The fourth-order valence-electron chi connectivity index (χ4n) is 2.45. The Morgan fingerprint density at radius 1 is 1.39 bits per heavy atom. The average molecular weight is 351 g/mol. The van der Waals surface area contributed by atoms with Crippen molar-refractivity contribution in [2.45, 2.75) is 17.9 Å². The Labute approximate surface area is 137 Å². The zero-order valence-corrected chi connectivity index (χ0v) is 13.4. The molecule has 0 bridgehead atoms. The first-order chi connectivity index (χ1) is 10.9. The lowest BCUT2D eigenvalue weighted by atomic mass is 10.1. The van der Waals surface area contributed by atoms with Crippen LogP contribution in [0.2, 0.25) is 5.02 Å². The second-order valence-corrected chi connectivity index (χ2v) is 7.32. The van der Waals surface area contributed by atoms with Crippen molar-refractivity contribution < 1.29 is 8.42 Å². The molecule has 1 N–H and O–H groups in total. The van der Waals surface area contributed by atoms with Crippen molar-refractivity contribution in [1.82, 2.24) is 14.3 Å². The summed E-state index contributed by atoms with van der Waals surface area (Å²) in [7, 11) is -3.87. The number of hydrogen-bond donors (Lipinski definition) is 1. The molecule has 23 heavy (non-hydrogen) atoms. The maximum absolute atomic E-state index is 12.8. The molecular weight excluding hydrogens is 340 g/mol. The number of rotatable bonds is 2. The van der Waals surface area contributed by atoms with Gasteiger partial charge in [-0.1, -0.05) is 11.6 Å². The summed E-state index contributed by atoms with van der Waals surface area (Å²) in [6.45, 7) is 0.152. The van der Waals surface area contributed by atoms with Gasteiger partial charge in [0, 0.05) is 19.5 Å². The Hall–Kier alpha value is -2.21. The minimum Gasteiger partial charge on any atom is -0.313 e. The molecule has 118 valence electrons. The summed E-state index contributed by atoms with van der Waals surface area (Å²) in [5, 5.41) is 8.81. The van der Waals surface area contributed by atoms with Crippen LogP contribution >= 0.6 is 11.6 Å². The largest absolute Gasteiger partial charge is 0.313 e. The van der Waals surface area contributed by atoms with Gasteiger partial charge in [0.15, 0.2) is 0 Å². The molecule has 0 spiro atoms. The number of nitrogens with one attached hydrogen (secondary N) is 1. The molecule has 0 amide bonds. The average Bonchev–Trinajstić information content (AvgIpc) is 2.54. The Balaban J connectivity index is 2.01. The monoisotopic (exact) mass is 350 g/mol. The topological polar surface area (TPSA) is 107 Å². The summed E-state index contributed by atoms with van der Waals surface area (Å²) < 4.78 is 26.7. The van der Waals surface area contributed by atoms with Crippen LogP contribution in [-0.2, 0) is 23.0 Å². The van der Waals surface area contributed by atoms with Gasteiger partial charge in [-0.3, -0.25) is 4.79 Å². The van der Waals surface area contributed by atoms with Crippen LogP contribution in [-0.4, -0.2) is 29.2 Å². The quantitative estimate of drug-likeness (QED) is 0.870. The fourth-order valence-corrected chi connectivity index (χ4v) is 4.38. The zero-order valence-electron chi connectivity index (χ0n) is 11.8. The smallest absolute Gasteiger partial charge is 0.255 e. The van der Waals surface area contributed by atoms with Crippen LogP contribution in [0, 0.1) is 11.3 Å². The number of sulfonamides is 1. The Morgan fingerprint density at radius 3 is 2.87 bits per heavy atom. The predicted octanol–water partition coefficient (Wildman–Crippen LogP) is 1.04. The third-order valence-corrected chi connectivity index (χ3v) is 5.98. The molecule has 0 saturated carbocycles. The number of halogens is 1. The number of nitriles is 1. The van der Waals surface area contributed by atoms with Crippen LogP contribution < -0.4 is 5.56 Å². The van der Waals surface area contributed by atoms with Gasteiger partial charge < -0.3 is 4.98 Å². The summed E-state index contributed by atoms with van der Waals surface area (Å²) in [5.41, 5.74) is 0.873. The summed E-state index contributed by atoms with van der Waals surface area (Å²) in [6.07, 6.45) is 1.66. The molecule has 0 aliphatic carbocycles. The Kier molecular flexibility index (Phi) is 3.93. The maximum Gasteiger partial charge on any atom is 0.255 e. The molecule has 0 radical (unpaired) electrons. The van der Waals surface area contributed by atoms with Gasteiger partial charge in [0.05, 0.1) is 34.2 Å². The van der Waals surface area contributed by atoms with Crippen LogP contribution in [0.5, 0.6) is 0 Å². The lowest BCUT2D eigenvalue weighted by molar-refractivity contribution is 0.385. The van der Waals surface area contributed by atoms with Gasteiger partial charge in [0.25, 0.3) is 5.56 Å². The number of nitrogens with zero attached hydrogens (tertiary/aromatic N) is 3. The van der Waals surface area contributed by atoms with Crippen molar-refractivity contribution in [2.24, 2.45) is 0 Å². The second kappa shape index (κ2) is 5.77. The molecule has 7 nitrogen and oxygen atoms in total. The molecule has 1 aliphatic heterocycles. The van der Waals surface area contributed by atoms with Gasteiger partial charge in [-0.15, -0.1) is 0 Å². The van der Waals surface area contributed by atoms with E-state index in [1.807, 2.05) is 6.07 Å². The van der Waals surface area contributed by atoms with E-state index in [-0.39, 0.29) is 34.1 Å². The lowest BCUT2D eigenvalue weighted by Gasteiger charge is -2.27. The van der Waals surface area contributed by atoms with E-state index in [9.17, 15) is 13.2 Å². The highest BCUT2D eigenvalue weighted by Gasteiger charge is 2.31. The van der Waals surface area contributed by atoms with Crippen molar-refractivity contribution in [2.75, 3.05) is 6.54 Å². The van der Waals surface area contributed by atoms with Crippen LogP contribution in [0.4, 0.5) is 0 Å².